The number of benzene rings is 1. The molecule has 2 amide bonds. The molecule has 22 heavy (non-hydrogen) atoms. The van der Waals surface area contributed by atoms with E-state index in [-0.39, 0.29) is 12.5 Å². The maximum atomic E-state index is 12.3. The van der Waals surface area contributed by atoms with Gasteiger partial charge in [-0.1, -0.05) is 11.2 Å². The standard InChI is InChI=1S/C14H14N4O4/c1-8-16-12(22-17-8)9-2-3-10-7-18(5-4-15-14(20)21)13(19)11(10)6-9/h2-3,6,15H,4-5,7H2,1H3,(H,20,21). The summed E-state index contributed by atoms with van der Waals surface area (Å²) in [6, 6.07) is 5.42. The monoisotopic (exact) mass is 302 g/mol. The van der Waals surface area contributed by atoms with Crippen LogP contribution in [-0.2, 0) is 6.54 Å². The minimum absolute atomic E-state index is 0.125. The van der Waals surface area contributed by atoms with Crippen molar-refractivity contribution >= 4 is 12.0 Å². The van der Waals surface area contributed by atoms with Crippen LogP contribution < -0.4 is 5.32 Å². The summed E-state index contributed by atoms with van der Waals surface area (Å²) < 4.78 is 5.10. The Kier molecular flexibility index (Phi) is 3.50. The van der Waals surface area contributed by atoms with Crippen LogP contribution in [0.1, 0.15) is 21.7 Å². The number of hydrogen-bond donors (Lipinski definition) is 2. The predicted molar refractivity (Wildman–Crippen MR) is 75.2 cm³/mol. The molecule has 0 atom stereocenters. The molecule has 0 aliphatic carbocycles. The number of nitrogens with one attached hydrogen (secondary N) is 1. The second kappa shape index (κ2) is 5.47. The lowest BCUT2D eigenvalue weighted by atomic mass is 10.1. The van der Waals surface area contributed by atoms with Crippen LogP contribution in [0.3, 0.4) is 0 Å². The van der Waals surface area contributed by atoms with Crippen molar-refractivity contribution in [1.82, 2.24) is 20.4 Å². The molecule has 114 valence electrons. The molecule has 3 rings (SSSR count). The maximum Gasteiger partial charge on any atom is 0.404 e. The second-order valence-electron chi connectivity index (χ2n) is 4.98. The van der Waals surface area contributed by atoms with Gasteiger partial charge < -0.3 is 19.8 Å². The van der Waals surface area contributed by atoms with E-state index < -0.39 is 6.09 Å². The van der Waals surface area contributed by atoms with Crippen LogP contribution in [0.5, 0.6) is 0 Å². The largest absolute Gasteiger partial charge is 0.465 e. The fourth-order valence-electron chi connectivity index (χ4n) is 2.39. The van der Waals surface area contributed by atoms with Gasteiger partial charge in [-0.15, -0.1) is 0 Å². The Balaban J connectivity index is 1.77. The van der Waals surface area contributed by atoms with Gasteiger partial charge in [0.25, 0.3) is 11.8 Å². The molecule has 1 aromatic heterocycles. The molecule has 0 spiro atoms. The van der Waals surface area contributed by atoms with E-state index in [1.54, 1.807) is 17.9 Å². The Morgan fingerprint density at radius 1 is 1.50 bits per heavy atom. The van der Waals surface area contributed by atoms with Crippen molar-refractivity contribution in [2.45, 2.75) is 13.5 Å². The summed E-state index contributed by atoms with van der Waals surface area (Å²) in [5, 5.41) is 14.5. The molecular formula is C14H14N4O4. The summed E-state index contributed by atoms with van der Waals surface area (Å²) in [5.41, 5.74) is 2.18. The average molecular weight is 302 g/mol. The first-order chi connectivity index (χ1) is 10.5. The highest BCUT2D eigenvalue weighted by molar-refractivity contribution is 5.99. The summed E-state index contributed by atoms with van der Waals surface area (Å²) in [5.74, 6) is 0.780. The van der Waals surface area contributed by atoms with Gasteiger partial charge in [-0.3, -0.25) is 4.79 Å². The summed E-state index contributed by atoms with van der Waals surface area (Å²) in [6.45, 7) is 2.72. The zero-order valence-corrected chi connectivity index (χ0v) is 11.9. The predicted octanol–water partition coefficient (Wildman–Crippen LogP) is 1.27. The van der Waals surface area contributed by atoms with Crippen LogP contribution in [0.15, 0.2) is 22.7 Å². The second-order valence-corrected chi connectivity index (χ2v) is 4.98. The number of fused-ring (bicyclic) bond motifs is 1. The molecule has 0 unspecified atom stereocenters. The minimum Gasteiger partial charge on any atom is -0.465 e. The van der Waals surface area contributed by atoms with Gasteiger partial charge in [0.1, 0.15) is 0 Å². The Morgan fingerprint density at radius 2 is 2.32 bits per heavy atom. The third kappa shape index (κ3) is 2.62. The van der Waals surface area contributed by atoms with Crippen LogP contribution >= 0.6 is 0 Å². The van der Waals surface area contributed by atoms with Crippen molar-refractivity contribution in [3.8, 4) is 11.5 Å². The highest BCUT2D eigenvalue weighted by Crippen LogP contribution is 2.27. The molecule has 0 bridgehead atoms. The number of aryl methyl sites for hydroxylation is 1. The van der Waals surface area contributed by atoms with Crippen molar-refractivity contribution in [1.29, 1.82) is 0 Å². The van der Waals surface area contributed by atoms with E-state index in [4.69, 9.17) is 9.63 Å². The highest BCUT2D eigenvalue weighted by Gasteiger charge is 2.27. The molecule has 1 aliphatic rings. The lowest BCUT2D eigenvalue weighted by Crippen LogP contribution is -2.34. The van der Waals surface area contributed by atoms with Crippen molar-refractivity contribution in [3.05, 3.63) is 35.2 Å². The summed E-state index contributed by atoms with van der Waals surface area (Å²) in [7, 11) is 0. The van der Waals surface area contributed by atoms with Gasteiger partial charge in [0, 0.05) is 30.8 Å². The van der Waals surface area contributed by atoms with E-state index in [0.717, 1.165) is 5.56 Å². The zero-order valence-electron chi connectivity index (χ0n) is 11.9. The van der Waals surface area contributed by atoms with Crippen molar-refractivity contribution in [2.24, 2.45) is 0 Å². The number of rotatable bonds is 4. The first-order valence-electron chi connectivity index (χ1n) is 6.74. The molecule has 1 aromatic carbocycles. The number of hydrogen-bond acceptors (Lipinski definition) is 5. The lowest BCUT2D eigenvalue weighted by molar-refractivity contribution is 0.0778. The van der Waals surface area contributed by atoms with Gasteiger partial charge in [-0.2, -0.15) is 4.98 Å². The summed E-state index contributed by atoms with van der Waals surface area (Å²) in [6.07, 6.45) is -1.10. The van der Waals surface area contributed by atoms with Gasteiger partial charge >= 0.3 is 6.09 Å². The van der Waals surface area contributed by atoms with Crippen molar-refractivity contribution < 1.29 is 19.2 Å². The fraction of sp³-hybridized carbons (Fsp3) is 0.286. The van der Waals surface area contributed by atoms with Crippen LogP contribution in [0.2, 0.25) is 0 Å². The van der Waals surface area contributed by atoms with E-state index in [9.17, 15) is 9.59 Å². The van der Waals surface area contributed by atoms with Crippen LogP contribution in [0.4, 0.5) is 4.79 Å². The van der Waals surface area contributed by atoms with Crippen LogP contribution in [0.25, 0.3) is 11.5 Å². The van der Waals surface area contributed by atoms with Crippen LogP contribution in [-0.4, -0.2) is 45.2 Å². The molecule has 8 heteroatoms. The Labute approximate surface area is 125 Å². The lowest BCUT2D eigenvalue weighted by Gasteiger charge is -2.14. The normalized spacial score (nSPS) is 13.3. The van der Waals surface area contributed by atoms with Crippen molar-refractivity contribution in [3.63, 3.8) is 0 Å². The molecule has 2 aromatic rings. The number of carbonyl (C=O) groups is 2. The SMILES string of the molecule is Cc1noc(-c2ccc3c(c2)C(=O)N(CCNC(=O)O)C3)n1. The summed E-state index contributed by atoms with van der Waals surface area (Å²) >= 11 is 0. The van der Waals surface area contributed by atoms with Gasteiger partial charge in [0.15, 0.2) is 5.82 Å². The smallest absolute Gasteiger partial charge is 0.404 e. The topological polar surface area (TPSA) is 109 Å². The molecule has 0 fully saturated rings. The number of amides is 2. The van der Waals surface area contributed by atoms with Gasteiger partial charge in [0.2, 0.25) is 0 Å². The highest BCUT2D eigenvalue weighted by atomic mass is 16.5. The molecule has 2 heterocycles. The maximum absolute atomic E-state index is 12.3. The number of carbonyl (C=O) groups excluding carboxylic acids is 1. The fourth-order valence-corrected chi connectivity index (χ4v) is 2.39. The minimum atomic E-state index is -1.10. The molecule has 8 nitrogen and oxygen atoms in total. The number of aromatic nitrogens is 2. The first kappa shape index (κ1) is 14.1. The number of nitrogens with zero attached hydrogens (tertiary/aromatic N) is 3. The third-order valence-electron chi connectivity index (χ3n) is 3.42. The Morgan fingerprint density at radius 3 is 3.00 bits per heavy atom. The van der Waals surface area contributed by atoms with E-state index in [0.29, 0.717) is 35.9 Å². The quantitative estimate of drug-likeness (QED) is 0.880. The molecule has 0 saturated heterocycles. The zero-order chi connectivity index (χ0) is 15.7. The Bertz CT molecular complexity index is 740. The van der Waals surface area contributed by atoms with Gasteiger partial charge in [-0.05, 0) is 24.6 Å². The molecule has 1 aliphatic heterocycles. The molecular weight excluding hydrogens is 288 g/mol. The van der Waals surface area contributed by atoms with E-state index >= 15 is 0 Å². The molecule has 0 radical (unpaired) electrons. The first-order valence-corrected chi connectivity index (χ1v) is 6.74. The number of carboxylic acid groups (broad SMARTS) is 1. The van der Waals surface area contributed by atoms with Crippen molar-refractivity contribution in [2.75, 3.05) is 13.1 Å². The van der Waals surface area contributed by atoms with Gasteiger partial charge in [-0.25, -0.2) is 4.79 Å². The third-order valence-corrected chi connectivity index (χ3v) is 3.42. The van der Waals surface area contributed by atoms with E-state index in [1.165, 1.54) is 0 Å². The van der Waals surface area contributed by atoms with Crippen LogP contribution in [0, 0.1) is 6.92 Å². The average Bonchev–Trinajstić information content (AvgIpc) is 3.03. The molecule has 2 N–H and O–H groups in total. The molecule has 0 saturated carbocycles. The van der Waals surface area contributed by atoms with E-state index in [2.05, 4.69) is 15.5 Å². The summed E-state index contributed by atoms with van der Waals surface area (Å²) in [4.78, 5) is 28.5. The Hall–Kier alpha value is -2.90. The van der Waals surface area contributed by atoms with Gasteiger partial charge in [0.05, 0.1) is 0 Å². The van der Waals surface area contributed by atoms with E-state index in [1.807, 2.05) is 12.1 Å².